The van der Waals surface area contributed by atoms with Crippen LogP contribution >= 0.6 is 0 Å². The molecule has 0 aliphatic carbocycles. The third-order valence-corrected chi connectivity index (χ3v) is 5.94. The second-order valence-electron chi connectivity index (χ2n) is 8.04. The summed E-state index contributed by atoms with van der Waals surface area (Å²) in [6, 6.07) is 13.6. The standard InChI is InChI=1S/C25H25N7O2/c1-16-18(3)31(13-20-7-5-6-12-26-20)24-23(16)25-28-22(29-32(25)15-27-24)14-34-30-17(2)19-8-10-21(33-4)11-9-19/h5-12,15H,13-14H2,1-4H3/b30-17-. The third kappa shape index (κ3) is 3.96. The highest BCUT2D eigenvalue weighted by molar-refractivity contribution is 5.98. The average Bonchev–Trinajstić information content (AvgIpc) is 3.39. The monoisotopic (exact) mass is 455 g/mol. The fraction of sp³-hybridized carbons (Fsp3) is 0.240. The molecular weight excluding hydrogens is 430 g/mol. The number of hydrogen-bond donors (Lipinski definition) is 0. The maximum atomic E-state index is 5.56. The summed E-state index contributed by atoms with van der Waals surface area (Å²) >= 11 is 0. The number of methoxy groups -OCH3 is 1. The van der Waals surface area contributed by atoms with Gasteiger partial charge in [0.05, 0.1) is 30.4 Å². The minimum Gasteiger partial charge on any atom is -0.497 e. The number of aromatic nitrogens is 6. The highest BCUT2D eigenvalue weighted by Gasteiger charge is 2.18. The predicted octanol–water partition coefficient (Wildman–Crippen LogP) is 4.09. The van der Waals surface area contributed by atoms with Gasteiger partial charge in [-0.15, -0.1) is 5.10 Å². The van der Waals surface area contributed by atoms with Gasteiger partial charge in [-0.2, -0.15) is 0 Å². The molecule has 0 unspecified atom stereocenters. The first kappa shape index (κ1) is 21.6. The van der Waals surface area contributed by atoms with E-state index in [1.54, 1.807) is 24.1 Å². The van der Waals surface area contributed by atoms with Crippen molar-refractivity contribution < 1.29 is 9.57 Å². The van der Waals surface area contributed by atoms with Crippen molar-refractivity contribution in [2.24, 2.45) is 5.16 Å². The van der Waals surface area contributed by atoms with Crippen LogP contribution in [0.25, 0.3) is 16.7 Å². The van der Waals surface area contributed by atoms with Crippen LogP contribution in [-0.2, 0) is 18.0 Å². The Morgan fingerprint density at radius 3 is 2.59 bits per heavy atom. The number of aryl methyl sites for hydroxylation is 1. The van der Waals surface area contributed by atoms with Gasteiger partial charge in [0.1, 0.15) is 17.7 Å². The van der Waals surface area contributed by atoms with Crippen molar-refractivity contribution in [3.05, 3.63) is 83.3 Å². The second-order valence-corrected chi connectivity index (χ2v) is 8.04. The van der Waals surface area contributed by atoms with E-state index in [4.69, 9.17) is 14.6 Å². The molecule has 0 saturated heterocycles. The summed E-state index contributed by atoms with van der Waals surface area (Å²) in [7, 11) is 1.64. The zero-order valence-corrected chi connectivity index (χ0v) is 19.6. The van der Waals surface area contributed by atoms with E-state index in [9.17, 15) is 0 Å². The Morgan fingerprint density at radius 1 is 1.03 bits per heavy atom. The van der Waals surface area contributed by atoms with Gasteiger partial charge in [-0.25, -0.2) is 14.5 Å². The summed E-state index contributed by atoms with van der Waals surface area (Å²) in [6.45, 7) is 6.87. The number of nitrogens with zero attached hydrogens (tertiary/aromatic N) is 7. The Morgan fingerprint density at radius 2 is 1.85 bits per heavy atom. The molecule has 9 heteroatoms. The van der Waals surface area contributed by atoms with E-state index < -0.39 is 0 Å². The number of benzene rings is 1. The van der Waals surface area contributed by atoms with Crippen molar-refractivity contribution in [1.29, 1.82) is 0 Å². The number of fused-ring (bicyclic) bond motifs is 3. The summed E-state index contributed by atoms with van der Waals surface area (Å²) in [5.41, 5.74) is 6.55. The fourth-order valence-corrected chi connectivity index (χ4v) is 3.95. The molecule has 34 heavy (non-hydrogen) atoms. The van der Waals surface area contributed by atoms with Crippen LogP contribution < -0.4 is 4.74 Å². The molecule has 0 spiro atoms. The van der Waals surface area contributed by atoms with Crippen molar-refractivity contribution in [2.75, 3.05) is 7.11 Å². The Hall–Kier alpha value is -4.27. The normalized spacial score (nSPS) is 11.9. The maximum Gasteiger partial charge on any atom is 0.192 e. The quantitative estimate of drug-likeness (QED) is 0.271. The topological polar surface area (TPSA) is 91.7 Å². The van der Waals surface area contributed by atoms with Gasteiger partial charge in [0.15, 0.2) is 18.1 Å². The molecule has 4 aromatic heterocycles. The Balaban J connectivity index is 1.40. The van der Waals surface area contributed by atoms with Gasteiger partial charge in [-0.1, -0.05) is 11.2 Å². The summed E-state index contributed by atoms with van der Waals surface area (Å²) < 4.78 is 9.05. The SMILES string of the molecule is COc1ccc(/C(C)=N\OCc2nc3c4c(C)c(C)n(Cc5ccccn5)c4ncn3n2)cc1. The third-order valence-electron chi connectivity index (χ3n) is 5.94. The number of pyridine rings is 1. The molecular formula is C25H25N7O2. The highest BCUT2D eigenvalue weighted by atomic mass is 16.6. The molecule has 5 aromatic rings. The molecule has 4 heterocycles. The fourth-order valence-electron chi connectivity index (χ4n) is 3.95. The first-order valence-corrected chi connectivity index (χ1v) is 11.0. The summed E-state index contributed by atoms with van der Waals surface area (Å²) in [5, 5.41) is 9.73. The second kappa shape index (κ2) is 8.93. The van der Waals surface area contributed by atoms with E-state index in [1.165, 1.54) is 0 Å². The average molecular weight is 456 g/mol. The zero-order chi connectivity index (χ0) is 23.7. The molecule has 0 aliphatic rings. The molecule has 0 N–H and O–H groups in total. The summed E-state index contributed by atoms with van der Waals surface area (Å²) in [6.07, 6.45) is 3.49. The smallest absolute Gasteiger partial charge is 0.192 e. The van der Waals surface area contributed by atoms with Crippen LogP contribution in [0.2, 0.25) is 0 Å². The lowest BCUT2D eigenvalue weighted by atomic mass is 10.1. The molecule has 0 atom stereocenters. The first-order chi connectivity index (χ1) is 16.5. The van der Waals surface area contributed by atoms with Gasteiger partial charge in [0.2, 0.25) is 0 Å². The molecule has 1 aromatic carbocycles. The zero-order valence-electron chi connectivity index (χ0n) is 19.6. The number of oxime groups is 1. The minimum atomic E-state index is 0.156. The van der Waals surface area contributed by atoms with Crippen molar-refractivity contribution in [2.45, 2.75) is 33.9 Å². The van der Waals surface area contributed by atoms with Crippen molar-refractivity contribution >= 4 is 22.4 Å². The number of ether oxygens (including phenoxy) is 1. The van der Waals surface area contributed by atoms with Gasteiger partial charge in [0.25, 0.3) is 0 Å². The lowest BCUT2D eigenvalue weighted by Gasteiger charge is -2.07. The van der Waals surface area contributed by atoms with E-state index in [0.717, 1.165) is 50.7 Å². The van der Waals surface area contributed by atoms with Crippen LogP contribution in [0.1, 0.15) is 35.3 Å². The molecule has 0 radical (unpaired) electrons. The van der Waals surface area contributed by atoms with Gasteiger partial charge in [0, 0.05) is 11.9 Å². The summed E-state index contributed by atoms with van der Waals surface area (Å²) in [5.74, 6) is 1.33. The van der Waals surface area contributed by atoms with Gasteiger partial charge < -0.3 is 14.1 Å². The Bertz CT molecular complexity index is 1490. The van der Waals surface area contributed by atoms with E-state index >= 15 is 0 Å². The van der Waals surface area contributed by atoms with Crippen molar-refractivity contribution in [3.63, 3.8) is 0 Å². The van der Waals surface area contributed by atoms with E-state index in [1.807, 2.05) is 49.4 Å². The van der Waals surface area contributed by atoms with Crippen LogP contribution in [0.15, 0.2) is 60.1 Å². The lowest BCUT2D eigenvalue weighted by Crippen LogP contribution is -2.04. The van der Waals surface area contributed by atoms with E-state index in [2.05, 4.69) is 38.6 Å². The number of hydrogen-bond acceptors (Lipinski definition) is 7. The van der Waals surface area contributed by atoms with Crippen molar-refractivity contribution in [3.8, 4) is 5.75 Å². The van der Waals surface area contributed by atoms with E-state index in [0.29, 0.717) is 12.4 Å². The molecule has 5 rings (SSSR count). The molecule has 0 saturated carbocycles. The Kier molecular flexibility index (Phi) is 5.67. The Labute approximate surface area is 196 Å². The lowest BCUT2D eigenvalue weighted by molar-refractivity contribution is 0.125. The van der Waals surface area contributed by atoms with Crippen LogP contribution in [0.5, 0.6) is 5.75 Å². The van der Waals surface area contributed by atoms with Crippen molar-refractivity contribution in [1.82, 2.24) is 29.1 Å². The molecule has 9 nitrogen and oxygen atoms in total. The predicted molar refractivity (Wildman–Crippen MR) is 129 cm³/mol. The van der Waals surface area contributed by atoms with Gasteiger partial charge in [-0.05, 0) is 68.3 Å². The first-order valence-electron chi connectivity index (χ1n) is 11.0. The van der Waals surface area contributed by atoms with E-state index in [-0.39, 0.29) is 6.61 Å². The van der Waals surface area contributed by atoms with Crippen LogP contribution in [-0.4, -0.2) is 42.0 Å². The van der Waals surface area contributed by atoms with Gasteiger partial charge >= 0.3 is 0 Å². The maximum absolute atomic E-state index is 5.56. The van der Waals surface area contributed by atoms with Crippen LogP contribution in [0, 0.1) is 13.8 Å². The highest BCUT2D eigenvalue weighted by Crippen LogP contribution is 2.27. The minimum absolute atomic E-state index is 0.156. The molecule has 172 valence electrons. The van der Waals surface area contributed by atoms with Gasteiger partial charge in [-0.3, -0.25) is 4.98 Å². The number of rotatable bonds is 7. The van der Waals surface area contributed by atoms with Crippen LogP contribution in [0.3, 0.4) is 0 Å². The molecule has 0 amide bonds. The molecule has 0 bridgehead atoms. The largest absolute Gasteiger partial charge is 0.497 e. The summed E-state index contributed by atoms with van der Waals surface area (Å²) in [4.78, 5) is 19.4. The molecule has 0 aliphatic heterocycles. The van der Waals surface area contributed by atoms with Crippen LogP contribution in [0.4, 0.5) is 0 Å². The molecule has 0 fully saturated rings.